The summed E-state index contributed by atoms with van der Waals surface area (Å²) < 4.78 is 10.7. The van der Waals surface area contributed by atoms with E-state index in [1.807, 2.05) is 26.8 Å². The van der Waals surface area contributed by atoms with Gasteiger partial charge in [0.1, 0.15) is 5.75 Å². The standard InChI is InChI=1S/C13H17N3O2/c1-13(2,3)12-16-15-11(18-12)8-5-6-10(17-4)9(14)7-8/h5-7H,14H2,1-4H3. The van der Waals surface area contributed by atoms with Crippen molar-refractivity contribution in [2.24, 2.45) is 0 Å². The van der Waals surface area contributed by atoms with Crippen LogP contribution in [-0.2, 0) is 5.41 Å². The summed E-state index contributed by atoms with van der Waals surface area (Å²) in [6.45, 7) is 6.06. The molecule has 0 aliphatic carbocycles. The van der Waals surface area contributed by atoms with Gasteiger partial charge in [-0.15, -0.1) is 10.2 Å². The fourth-order valence-electron chi connectivity index (χ4n) is 1.51. The van der Waals surface area contributed by atoms with Crippen molar-refractivity contribution in [3.05, 3.63) is 24.1 Å². The van der Waals surface area contributed by atoms with Crippen molar-refractivity contribution in [2.45, 2.75) is 26.2 Å². The molecule has 0 saturated carbocycles. The summed E-state index contributed by atoms with van der Waals surface area (Å²) in [6, 6.07) is 5.39. The van der Waals surface area contributed by atoms with Crippen LogP contribution in [-0.4, -0.2) is 17.3 Å². The number of ether oxygens (including phenoxy) is 1. The fourth-order valence-corrected chi connectivity index (χ4v) is 1.51. The van der Waals surface area contributed by atoms with Gasteiger partial charge in [-0.2, -0.15) is 0 Å². The molecule has 0 amide bonds. The number of hydrogen-bond donors (Lipinski definition) is 1. The molecule has 0 unspecified atom stereocenters. The number of nitrogen functional groups attached to an aromatic ring is 1. The van der Waals surface area contributed by atoms with Crippen LogP contribution in [0.1, 0.15) is 26.7 Å². The van der Waals surface area contributed by atoms with Gasteiger partial charge in [0.25, 0.3) is 0 Å². The number of rotatable bonds is 2. The van der Waals surface area contributed by atoms with Crippen molar-refractivity contribution >= 4 is 5.69 Å². The van der Waals surface area contributed by atoms with E-state index in [2.05, 4.69) is 10.2 Å². The molecule has 0 spiro atoms. The van der Waals surface area contributed by atoms with Crippen LogP contribution >= 0.6 is 0 Å². The normalized spacial score (nSPS) is 11.6. The Kier molecular flexibility index (Phi) is 2.98. The number of nitrogens with zero attached hydrogens (tertiary/aromatic N) is 2. The minimum absolute atomic E-state index is 0.163. The second-order valence-electron chi connectivity index (χ2n) is 5.12. The van der Waals surface area contributed by atoms with Gasteiger partial charge >= 0.3 is 0 Å². The molecule has 0 bridgehead atoms. The summed E-state index contributed by atoms with van der Waals surface area (Å²) in [4.78, 5) is 0. The monoisotopic (exact) mass is 247 g/mol. The Morgan fingerprint density at radius 3 is 2.44 bits per heavy atom. The van der Waals surface area contributed by atoms with Crippen LogP contribution in [0.3, 0.4) is 0 Å². The molecule has 2 rings (SSSR count). The molecule has 0 fully saturated rings. The summed E-state index contributed by atoms with van der Waals surface area (Å²) in [7, 11) is 1.58. The van der Waals surface area contributed by atoms with Gasteiger partial charge in [-0.25, -0.2) is 0 Å². The zero-order valence-electron chi connectivity index (χ0n) is 11.0. The first-order chi connectivity index (χ1) is 8.41. The molecule has 0 aliphatic heterocycles. The van der Waals surface area contributed by atoms with E-state index in [9.17, 15) is 0 Å². The Morgan fingerprint density at radius 2 is 1.94 bits per heavy atom. The van der Waals surface area contributed by atoms with Crippen LogP contribution in [0.2, 0.25) is 0 Å². The number of methoxy groups -OCH3 is 1. The summed E-state index contributed by atoms with van der Waals surface area (Å²) in [5.41, 5.74) is 7.02. The zero-order valence-corrected chi connectivity index (χ0v) is 11.0. The molecular weight excluding hydrogens is 230 g/mol. The molecule has 1 heterocycles. The lowest BCUT2D eigenvalue weighted by Gasteiger charge is -2.11. The maximum atomic E-state index is 5.85. The SMILES string of the molecule is COc1ccc(-c2nnc(C(C)(C)C)o2)cc1N. The van der Waals surface area contributed by atoms with Crippen LogP contribution in [0.15, 0.2) is 22.6 Å². The number of benzene rings is 1. The van der Waals surface area contributed by atoms with Gasteiger partial charge in [-0.3, -0.25) is 0 Å². The van der Waals surface area contributed by atoms with Gasteiger partial charge in [-0.1, -0.05) is 20.8 Å². The molecule has 0 atom stereocenters. The number of hydrogen-bond acceptors (Lipinski definition) is 5. The largest absolute Gasteiger partial charge is 0.495 e. The highest BCUT2D eigenvalue weighted by Gasteiger charge is 2.22. The highest BCUT2D eigenvalue weighted by molar-refractivity contribution is 5.65. The summed E-state index contributed by atoms with van der Waals surface area (Å²) >= 11 is 0. The Morgan fingerprint density at radius 1 is 1.22 bits per heavy atom. The molecule has 2 N–H and O–H groups in total. The molecule has 96 valence electrons. The van der Waals surface area contributed by atoms with Crippen molar-refractivity contribution in [1.29, 1.82) is 0 Å². The molecular formula is C13H17N3O2. The number of aromatic nitrogens is 2. The molecule has 0 radical (unpaired) electrons. The van der Waals surface area contributed by atoms with E-state index in [0.29, 0.717) is 23.2 Å². The Balaban J connectivity index is 2.38. The van der Waals surface area contributed by atoms with Crippen LogP contribution in [0.4, 0.5) is 5.69 Å². The maximum Gasteiger partial charge on any atom is 0.247 e. The van der Waals surface area contributed by atoms with Crippen LogP contribution in [0.25, 0.3) is 11.5 Å². The number of nitrogens with two attached hydrogens (primary N) is 1. The van der Waals surface area contributed by atoms with Crippen molar-refractivity contribution < 1.29 is 9.15 Å². The van der Waals surface area contributed by atoms with Crippen molar-refractivity contribution in [3.63, 3.8) is 0 Å². The number of anilines is 1. The molecule has 2 aromatic rings. The summed E-state index contributed by atoms with van der Waals surface area (Å²) in [6.07, 6.45) is 0. The molecule has 5 nitrogen and oxygen atoms in total. The minimum atomic E-state index is -0.163. The molecule has 5 heteroatoms. The van der Waals surface area contributed by atoms with Crippen LogP contribution < -0.4 is 10.5 Å². The van der Waals surface area contributed by atoms with E-state index in [1.54, 1.807) is 19.2 Å². The lowest BCUT2D eigenvalue weighted by Crippen LogP contribution is -2.11. The smallest absolute Gasteiger partial charge is 0.247 e. The predicted octanol–water partition coefficient (Wildman–Crippen LogP) is 2.62. The summed E-state index contributed by atoms with van der Waals surface area (Å²) in [5.74, 6) is 1.70. The maximum absolute atomic E-state index is 5.85. The van der Waals surface area contributed by atoms with Crippen LogP contribution in [0, 0.1) is 0 Å². The topological polar surface area (TPSA) is 74.2 Å². The highest BCUT2D eigenvalue weighted by Crippen LogP contribution is 2.29. The lowest BCUT2D eigenvalue weighted by atomic mass is 9.97. The van der Waals surface area contributed by atoms with E-state index in [0.717, 1.165) is 5.56 Å². The van der Waals surface area contributed by atoms with E-state index in [1.165, 1.54) is 0 Å². The Bertz CT molecular complexity index is 556. The first kappa shape index (κ1) is 12.4. The van der Waals surface area contributed by atoms with E-state index < -0.39 is 0 Å². The third kappa shape index (κ3) is 2.30. The molecule has 18 heavy (non-hydrogen) atoms. The highest BCUT2D eigenvalue weighted by atomic mass is 16.5. The third-order valence-electron chi connectivity index (χ3n) is 2.54. The molecule has 0 aliphatic rings. The average Bonchev–Trinajstić information content (AvgIpc) is 2.77. The fraction of sp³-hybridized carbons (Fsp3) is 0.385. The van der Waals surface area contributed by atoms with Gasteiger partial charge in [0, 0.05) is 11.0 Å². The van der Waals surface area contributed by atoms with Crippen molar-refractivity contribution in [3.8, 4) is 17.2 Å². The molecule has 0 saturated heterocycles. The van der Waals surface area contributed by atoms with E-state index >= 15 is 0 Å². The van der Waals surface area contributed by atoms with Crippen LogP contribution in [0.5, 0.6) is 5.75 Å². The van der Waals surface area contributed by atoms with Gasteiger partial charge in [0.15, 0.2) is 0 Å². The first-order valence-corrected chi connectivity index (χ1v) is 5.69. The zero-order chi connectivity index (χ0) is 13.3. The molecule has 1 aromatic carbocycles. The Hall–Kier alpha value is -2.04. The third-order valence-corrected chi connectivity index (χ3v) is 2.54. The van der Waals surface area contributed by atoms with E-state index in [-0.39, 0.29) is 5.41 Å². The van der Waals surface area contributed by atoms with Gasteiger partial charge in [-0.05, 0) is 18.2 Å². The second-order valence-corrected chi connectivity index (χ2v) is 5.12. The predicted molar refractivity (Wildman–Crippen MR) is 69.4 cm³/mol. The van der Waals surface area contributed by atoms with Crippen molar-refractivity contribution in [1.82, 2.24) is 10.2 Å². The average molecular weight is 247 g/mol. The van der Waals surface area contributed by atoms with Gasteiger partial charge < -0.3 is 14.9 Å². The van der Waals surface area contributed by atoms with Crippen molar-refractivity contribution in [2.75, 3.05) is 12.8 Å². The molecule has 1 aromatic heterocycles. The lowest BCUT2D eigenvalue weighted by molar-refractivity contribution is 0.399. The van der Waals surface area contributed by atoms with Gasteiger partial charge in [0.2, 0.25) is 11.8 Å². The summed E-state index contributed by atoms with van der Waals surface area (Å²) in [5, 5.41) is 8.08. The van der Waals surface area contributed by atoms with E-state index in [4.69, 9.17) is 14.9 Å². The van der Waals surface area contributed by atoms with Gasteiger partial charge in [0.05, 0.1) is 12.8 Å². The first-order valence-electron chi connectivity index (χ1n) is 5.69. The quantitative estimate of drug-likeness (QED) is 0.826. The second kappa shape index (κ2) is 4.33. The Labute approximate surface area is 106 Å². The minimum Gasteiger partial charge on any atom is -0.495 e.